The van der Waals surface area contributed by atoms with Crippen molar-refractivity contribution in [3.63, 3.8) is 0 Å². The summed E-state index contributed by atoms with van der Waals surface area (Å²) in [4.78, 5) is 11.7. The fourth-order valence-corrected chi connectivity index (χ4v) is 5.10. The van der Waals surface area contributed by atoms with E-state index in [4.69, 9.17) is 99.5 Å². The van der Waals surface area contributed by atoms with E-state index >= 15 is 0 Å². The van der Waals surface area contributed by atoms with Crippen molar-refractivity contribution in [3.8, 4) is 0 Å². The van der Waals surface area contributed by atoms with Crippen molar-refractivity contribution < 1.29 is 104 Å². The van der Waals surface area contributed by atoms with Gasteiger partial charge in [-0.15, -0.1) is 0 Å². The molecule has 0 heterocycles. The van der Waals surface area contributed by atoms with Gasteiger partial charge in [0.15, 0.2) is 0 Å². The minimum Gasteiger partial charge on any atom is -0.463 e. The molecule has 0 amide bonds. The summed E-state index contributed by atoms with van der Waals surface area (Å²) in [5.74, 6) is -0.237. The Morgan fingerprint density at radius 2 is 0.406 bits per heavy atom. The smallest absolute Gasteiger partial charge is 0.308 e. The van der Waals surface area contributed by atoms with Gasteiger partial charge in [-0.1, -0.05) is 20.3 Å². The van der Waals surface area contributed by atoms with Crippen molar-refractivity contribution in [2.45, 2.75) is 26.7 Å². The maximum absolute atomic E-state index is 11.7. The number of rotatable bonds is 63. The first-order valence-electron chi connectivity index (χ1n) is 24.8. The highest BCUT2D eigenvalue weighted by atomic mass is 16.6. The molecule has 0 radical (unpaired) electrons. The third kappa shape index (κ3) is 60.9. The molecule has 0 aromatic heterocycles. The van der Waals surface area contributed by atoms with Gasteiger partial charge < -0.3 is 99.5 Å². The summed E-state index contributed by atoms with van der Waals surface area (Å²) in [6, 6.07) is 0. The van der Waals surface area contributed by atoms with E-state index < -0.39 is 0 Å². The summed E-state index contributed by atoms with van der Waals surface area (Å²) in [7, 11) is 1.64. The van der Waals surface area contributed by atoms with Crippen LogP contribution in [-0.2, 0) is 104 Å². The van der Waals surface area contributed by atoms with Gasteiger partial charge in [0.05, 0.1) is 264 Å². The Bertz CT molecular complexity index is 947. The number of hydrogen-bond donors (Lipinski definition) is 0. The Morgan fingerprint density at radius 1 is 0.261 bits per heavy atom. The molecule has 1 atom stereocenters. The van der Waals surface area contributed by atoms with E-state index in [9.17, 15) is 4.79 Å². The summed E-state index contributed by atoms with van der Waals surface area (Å²) in [6.45, 7) is 23.5. The van der Waals surface area contributed by atoms with E-state index in [-0.39, 0.29) is 18.5 Å². The fourth-order valence-electron chi connectivity index (χ4n) is 5.10. The number of hydrogen-bond acceptors (Lipinski definition) is 22. The van der Waals surface area contributed by atoms with Gasteiger partial charge in [0.1, 0.15) is 6.61 Å². The van der Waals surface area contributed by atoms with E-state index in [2.05, 4.69) is 0 Å². The predicted molar refractivity (Wildman–Crippen MR) is 252 cm³/mol. The van der Waals surface area contributed by atoms with E-state index in [0.29, 0.717) is 258 Å². The summed E-state index contributed by atoms with van der Waals surface area (Å²) >= 11 is 0. The second-order valence-corrected chi connectivity index (χ2v) is 14.5. The molecule has 22 nitrogen and oxygen atoms in total. The van der Waals surface area contributed by atoms with Gasteiger partial charge >= 0.3 is 5.97 Å². The second kappa shape index (κ2) is 62.8. The zero-order valence-electron chi connectivity index (χ0n) is 42.8. The second-order valence-electron chi connectivity index (χ2n) is 14.5. The molecule has 0 N–H and O–H groups in total. The van der Waals surface area contributed by atoms with E-state index in [0.717, 1.165) is 12.8 Å². The van der Waals surface area contributed by atoms with Crippen LogP contribution in [0.25, 0.3) is 0 Å². The lowest BCUT2D eigenvalue weighted by Gasteiger charge is -2.10. The van der Waals surface area contributed by atoms with Crippen LogP contribution in [0.5, 0.6) is 0 Å². The molecular formula is C47H94O22. The molecule has 0 rings (SSSR count). The van der Waals surface area contributed by atoms with Gasteiger partial charge in [-0.25, -0.2) is 0 Å². The van der Waals surface area contributed by atoms with Crippen molar-refractivity contribution in [1.29, 1.82) is 0 Å². The first-order valence-corrected chi connectivity index (χ1v) is 24.8. The van der Waals surface area contributed by atoms with Crippen LogP contribution in [0.4, 0.5) is 0 Å². The lowest BCUT2D eigenvalue weighted by Crippen LogP contribution is -2.18. The number of carbonyl (C=O) groups excluding carboxylic acids is 1. The van der Waals surface area contributed by atoms with E-state index in [1.165, 1.54) is 0 Å². The SMILES string of the molecule is CCCC(C)C(=O)OCCOCCOCCOCCOCCOCCOCCOCCOCCOCCOCCOCCOCCOCCOCCOCCOCCOCCOCCOCCOC. The average molecular weight is 1010 g/mol. The number of carbonyl (C=O) groups is 1. The molecule has 0 aliphatic rings. The van der Waals surface area contributed by atoms with Gasteiger partial charge in [-0.3, -0.25) is 4.79 Å². The summed E-state index contributed by atoms with van der Waals surface area (Å²) in [5.41, 5.74) is 0. The molecule has 0 aliphatic carbocycles. The Morgan fingerprint density at radius 3 is 0.551 bits per heavy atom. The van der Waals surface area contributed by atoms with Crippen LogP contribution in [0.2, 0.25) is 0 Å². The topological polar surface area (TPSA) is 211 Å². The lowest BCUT2D eigenvalue weighted by molar-refractivity contribution is -0.149. The maximum atomic E-state index is 11.7. The summed E-state index contributed by atoms with van der Waals surface area (Å²) < 4.78 is 114. The number of methoxy groups -OCH3 is 1. The van der Waals surface area contributed by atoms with Gasteiger partial charge in [-0.2, -0.15) is 0 Å². The van der Waals surface area contributed by atoms with Crippen LogP contribution in [0.15, 0.2) is 0 Å². The minimum atomic E-state index is -0.170. The average Bonchev–Trinajstić information content (AvgIpc) is 3.35. The molecule has 0 fully saturated rings. The predicted octanol–water partition coefficient (Wildman–Crippen LogP) is 1.93. The standard InChI is InChI=1S/C47H94O22/c1-4-5-46(2)47(48)69-45-44-68-43-42-67-41-40-66-39-38-65-37-36-64-35-34-63-33-32-62-31-30-61-29-28-60-27-26-59-25-24-58-23-22-57-21-20-56-19-18-55-17-16-54-15-14-53-13-12-52-11-10-51-9-8-50-7-6-49-3/h46H,4-45H2,1-3H3. The van der Waals surface area contributed by atoms with E-state index in [1.54, 1.807) is 7.11 Å². The van der Waals surface area contributed by atoms with Crippen molar-refractivity contribution in [2.24, 2.45) is 5.92 Å². The molecule has 1 unspecified atom stereocenters. The van der Waals surface area contributed by atoms with Crippen LogP contribution in [0, 0.1) is 5.92 Å². The van der Waals surface area contributed by atoms with Crippen molar-refractivity contribution in [3.05, 3.63) is 0 Å². The fraction of sp³-hybridized carbons (Fsp3) is 0.979. The number of ether oxygens (including phenoxy) is 21. The quantitative estimate of drug-likeness (QED) is 0.0630. The maximum Gasteiger partial charge on any atom is 0.308 e. The normalized spacial score (nSPS) is 12.1. The Balaban J connectivity index is 3.09. The molecule has 22 heteroatoms. The zero-order chi connectivity index (χ0) is 49.7. The van der Waals surface area contributed by atoms with Crippen molar-refractivity contribution >= 4 is 5.97 Å². The summed E-state index contributed by atoms with van der Waals surface area (Å²) in [5, 5.41) is 0. The molecule has 0 aliphatic heterocycles. The molecule has 0 aromatic carbocycles. The molecular weight excluding hydrogens is 916 g/mol. The third-order valence-electron chi connectivity index (χ3n) is 8.72. The highest BCUT2D eigenvalue weighted by Gasteiger charge is 2.12. The van der Waals surface area contributed by atoms with Crippen LogP contribution in [0.3, 0.4) is 0 Å². The van der Waals surface area contributed by atoms with Crippen LogP contribution in [-0.4, -0.2) is 277 Å². The summed E-state index contributed by atoms with van der Waals surface area (Å²) in [6.07, 6.45) is 1.80. The van der Waals surface area contributed by atoms with Crippen molar-refractivity contribution in [2.75, 3.05) is 271 Å². The zero-order valence-corrected chi connectivity index (χ0v) is 42.8. The molecule has 0 aromatic rings. The van der Waals surface area contributed by atoms with Crippen LogP contribution in [0.1, 0.15) is 26.7 Å². The van der Waals surface area contributed by atoms with E-state index in [1.807, 2.05) is 13.8 Å². The largest absolute Gasteiger partial charge is 0.463 e. The highest BCUT2D eigenvalue weighted by Crippen LogP contribution is 2.06. The first kappa shape index (κ1) is 67.7. The lowest BCUT2D eigenvalue weighted by atomic mass is 10.1. The Labute approximate surface area is 413 Å². The molecule has 0 bridgehead atoms. The minimum absolute atomic E-state index is 0.0667. The molecule has 0 saturated heterocycles. The van der Waals surface area contributed by atoms with Gasteiger partial charge in [-0.05, 0) is 6.42 Å². The Kier molecular flexibility index (Phi) is 61.6. The number of esters is 1. The molecule has 0 spiro atoms. The van der Waals surface area contributed by atoms with Crippen LogP contribution >= 0.6 is 0 Å². The van der Waals surface area contributed by atoms with Gasteiger partial charge in [0.2, 0.25) is 0 Å². The van der Waals surface area contributed by atoms with Gasteiger partial charge in [0, 0.05) is 7.11 Å². The molecule has 69 heavy (non-hydrogen) atoms. The monoisotopic (exact) mass is 1010 g/mol. The Hall–Kier alpha value is -1.33. The van der Waals surface area contributed by atoms with Crippen LogP contribution < -0.4 is 0 Å². The molecule has 0 saturated carbocycles. The van der Waals surface area contributed by atoms with Gasteiger partial charge in [0.25, 0.3) is 0 Å². The molecule has 414 valence electrons. The third-order valence-corrected chi connectivity index (χ3v) is 8.72. The van der Waals surface area contributed by atoms with Crippen molar-refractivity contribution in [1.82, 2.24) is 0 Å². The highest BCUT2D eigenvalue weighted by molar-refractivity contribution is 5.71. The first-order chi connectivity index (χ1) is 34.2.